The van der Waals surface area contributed by atoms with Gasteiger partial charge in [0.15, 0.2) is 5.69 Å². The molecule has 1 N–H and O–H groups in total. The maximum atomic E-state index is 10.8. The standard InChI is InChI=1S/C11H14N2O2S/c1-8-7-16-6-5-13(8)10-4-2-3-9(12-10)11(14)15/h2-4,8H,5-7H2,1H3,(H,14,15). The second kappa shape index (κ2) is 4.74. The van der Waals surface area contributed by atoms with Crippen LogP contribution in [0.25, 0.3) is 0 Å². The molecule has 0 saturated carbocycles. The second-order valence-corrected chi connectivity index (χ2v) is 4.95. The molecule has 1 aliphatic rings. The van der Waals surface area contributed by atoms with Gasteiger partial charge in [-0.05, 0) is 19.1 Å². The number of hydrogen-bond acceptors (Lipinski definition) is 4. The zero-order valence-electron chi connectivity index (χ0n) is 9.09. The first-order valence-corrected chi connectivity index (χ1v) is 6.38. The second-order valence-electron chi connectivity index (χ2n) is 3.80. The molecule has 4 nitrogen and oxygen atoms in total. The van der Waals surface area contributed by atoms with Crippen LogP contribution in [0.3, 0.4) is 0 Å². The van der Waals surface area contributed by atoms with Crippen molar-refractivity contribution in [3.63, 3.8) is 0 Å². The Morgan fingerprint density at radius 1 is 1.62 bits per heavy atom. The lowest BCUT2D eigenvalue weighted by Gasteiger charge is -2.34. The number of hydrogen-bond donors (Lipinski definition) is 1. The number of anilines is 1. The molecule has 0 amide bonds. The van der Waals surface area contributed by atoms with E-state index in [-0.39, 0.29) is 5.69 Å². The minimum absolute atomic E-state index is 0.114. The van der Waals surface area contributed by atoms with Crippen molar-refractivity contribution in [1.29, 1.82) is 0 Å². The number of nitrogens with zero attached hydrogens (tertiary/aromatic N) is 2. The summed E-state index contributed by atoms with van der Waals surface area (Å²) in [7, 11) is 0. The van der Waals surface area contributed by atoms with Gasteiger partial charge in [-0.2, -0.15) is 11.8 Å². The van der Waals surface area contributed by atoms with Gasteiger partial charge in [-0.25, -0.2) is 9.78 Å². The van der Waals surface area contributed by atoms with Gasteiger partial charge in [0.05, 0.1) is 0 Å². The molecule has 0 radical (unpaired) electrons. The number of aromatic carboxylic acids is 1. The van der Waals surface area contributed by atoms with E-state index in [2.05, 4.69) is 16.8 Å². The first-order valence-electron chi connectivity index (χ1n) is 5.23. The molecule has 1 fully saturated rings. The smallest absolute Gasteiger partial charge is 0.354 e. The Kier molecular flexibility index (Phi) is 3.33. The molecule has 0 aromatic carbocycles. The Balaban J connectivity index is 2.25. The number of rotatable bonds is 2. The summed E-state index contributed by atoms with van der Waals surface area (Å²) < 4.78 is 0. The quantitative estimate of drug-likeness (QED) is 0.850. The third-order valence-electron chi connectivity index (χ3n) is 2.62. The molecule has 0 bridgehead atoms. The van der Waals surface area contributed by atoms with Crippen LogP contribution in [-0.2, 0) is 0 Å². The van der Waals surface area contributed by atoms with Gasteiger partial charge >= 0.3 is 5.97 Å². The Morgan fingerprint density at radius 3 is 3.12 bits per heavy atom. The van der Waals surface area contributed by atoms with E-state index >= 15 is 0 Å². The summed E-state index contributed by atoms with van der Waals surface area (Å²) in [6, 6.07) is 5.56. The first-order chi connectivity index (χ1) is 7.68. The highest BCUT2D eigenvalue weighted by atomic mass is 32.2. The van der Waals surface area contributed by atoms with E-state index in [1.54, 1.807) is 6.07 Å². The summed E-state index contributed by atoms with van der Waals surface area (Å²) in [6.45, 7) is 3.07. The Morgan fingerprint density at radius 2 is 2.44 bits per heavy atom. The molecule has 0 aliphatic carbocycles. The molecule has 1 aromatic rings. The van der Waals surface area contributed by atoms with E-state index in [0.29, 0.717) is 6.04 Å². The summed E-state index contributed by atoms with van der Waals surface area (Å²) in [4.78, 5) is 17.2. The van der Waals surface area contributed by atoms with Gasteiger partial charge in [0.25, 0.3) is 0 Å². The fourth-order valence-electron chi connectivity index (χ4n) is 1.77. The Hall–Kier alpha value is -1.23. The maximum absolute atomic E-state index is 10.8. The fraction of sp³-hybridized carbons (Fsp3) is 0.455. The first kappa shape index (κ1) is 11.3. The van der Waals surface area contributed by atoms with Crippen molar-refractivity contribution in [3.05, 3.63) is 23.9 Å². The van der Waals surface area contributed by atoms with Crippen molar-refractivity contribution in [2.75, 3.05) is 23.0 Å². The Bertz CT molecular complexity index is 397. The number of pyridine rings is 1. The van der Waals surface area contributed by atoms with Crippen molar-refractivity contribution >= 4 is 23.5 Å². The van der Waals surface area contributed by atoms with E-state index in [4.69, 9.17) is 5.11 Å². The van der Waals surface area contributed by atoms with Crippen LogP contribution in [0, 0.1) is 0 Å². The summed E-state index contributed by atoms with van der Waals surface area (Å²) >= 11 is 1.93. The Labute approximate surface area is 98.7 Å². The van der Waals surface area contributed by atoms with Crippen LogP contribution in [0.5, 0.6) is 0 Å². The summed E-state index contributed by atoms with van der Waals surface area (Å²) in [5.41, 5.74) is 0.114. The molecule has 0 spiro atoms. The van der Waals surface area contributed by atoms with Gasteiger partial charge in [-0.1, -0.05) is 6.07 Å². The minimum atomic E-state index is -0.971. The van der Waals surface area contributed by atoms with Crippen LogP contribution in [0.4, 0.5) is 5.82 Å². The lowest BCUT2D eigenvalue weighted by molar-refractivity contribution is 0.0690. The third kappa shape index (κ3) is 2.29. The van der Waals surface area contributed by atoms with Crippen LogP contribution < -0.4 is 4.90 Å². The zero-order valence-corrected chi connectivity index (χ0v) is 9.91. The highest BCUT2D eigenvalue weighted by molar-refractivity contribution is 7.99. The number of carbonyl (C=O) groups is 1. The van der Waals surface area contributed by atoms with Crippen LogP contribution >= 0.6 is 11.8 Å². The van der Waals surface area contributed by atoms with Gasteiger partial charge in [0.2, 0.25) is 0 Å². The lowest BCUT2D eigenvalue weighted by atomic mass is 10.2. The van der Waals surface area contributed by atoms with Crippen molar-refractivity contribution < 1.29 is 9.90 Å². The minimum Gasteiger partial charge on any atom is -0.477 e. The molecular weight excluding hydrogens is 224 g/mol. The predicted octanol–water partition coefficient (Wildman–Crippen LogP) is 1.72. The normalized spacial score (nSPS) is 20.8. The van der Waals surface area contributed by atoms with E-state index in [1.165, 1.54) is 6.07 Å². The van der Waals surface area contributed by atoms with E-state index in [0.717, 1.165) is 23.9 Å². The van der Waals surface area contributed by atoms with E-state index in [9.17, 15) is 4.79 Å². The van der Waals surface area contributed by atoms with Crippen molar-refractivity contribution in [3.8, 4) is 0 Å². The predicted molar refractivity (Wildman–Crippen MR) is 65.3 cm³/mol. The molecule has 1 aromatic heterocycles. The van der Waals surface area contributed by atoms with Gasteiger partial charge in [0, 0.05) is 24.1 Å². The zero-order chi connectivity index (χ0) is 11.5. The molecule has 86 valence electrons. The molecule has 2 heterocycles. The number of thioether (sulfide) groups is 1. The summed E-state index contributed by atoms with van der Waals surface area (Å²) in [5, 5.41) is 8.89. The molecule has 2 rings (SSSR count). The molecular formula is C11H14N2O2S. The molecule has 1 aliphatic heterocycles. The largest absolute Gasteiger partial charge is 0.477 e. The van der Waals surface area contributed by atoms with Gasteiger partial charge in [0.1, 0.15) is 5.82 Å². The summed E-state index contributed by atoms with van der Waals surface area (Å²) in [5.74, 6) is 1.94. The monoisotopic (exact) mass is 238 g/mol. The van der Waals surface area contributed by atoms with Crippen molar-refractivity contribution in [2.24, 2.45) is 0 Å². The average molecular weight is 238 g/mol. The van der Waals surface area contributed by atoms with Crippen molar-refractivity contribution in [2.45, 2.75) is 13.0 Å². The highest BCUT2D eigenvalue weighted by Crippen LogP contribution is 2.22. The topological polar surface area (TPSA) is 53.4 Å². The molecule has 5 heteroatoms. The lowest BCUT2D eigenvalue weighted by Crippen LogP contribution is -2.41. The van der Waals surface area contributed by atoms with Crippen LogP contribution in [0.1, 0.15) is 17.4 Å². The SMILES string of the molecule is CC1CSCCN1c1cccc(C(=O)O)n1. The van der Waals surface area contributed by atoms with Crippen LogP contribution in [-0.4, -0.2) is 40.2 Å². The van der Waals surface area contributed by atoms with Crippen LogP contribution in [0.15, 0.2) is 18.2 Å². The van der Waals surface area contributed by atoms with Gasteiger partial charge in [-0.15, -0.1) is 0 Å². The molecule has 16 heavy (non-hydrogen) atoms. The van der Waals surface area contributed by atoms with Crippen molar-refractivity contribution in [1.82, 2.24) is 4.98 Å². The maximum Gasteiger partial charge on any atom is 0.354 e. The fourth-order valence-corrected chi connectivity index (χ4v) is 2.78. The average Bonchev–Trinajstić information content (AvgIpc) is 2.30. The molecule has 1 saturated heterocycles. The number of carboxylic acids is 1. The van der Waals surface area contributed by atoms with E-state index in [1.807, 2.05) is 17.8 Å². The molecule has 1 atom stereocenters. The highest BCUT2D eigenvalue weighted by Gasteiger charge is 2.20. The third-order valence-corrected chi connectivity index (χ3v) is 3.80. The van der Waals surface area contributed by atoms with E-state index < -0.39 is 5.97 Å². The number of aromatic nitrogens is 1. The summed E-state index contributed by atoms with van der Waals surface area (Å²) in [6.07, 6.45) is 0. The van der Waals surface area contributed by atoms with Gasteiger partial charge in [-0.3, -0.25) is 0 Å². The molecule has 1 unspecified atom stereocenters. The van der Waals surface area contributed by atoms with Gasteiger partial charge < -0.3 is 10.0 Å². The number of carboxylic acid groups (broad SMARTS) is 1. The van der Waals surface area contributed by atoms with Crippen LogP contribution in [0.2, 0.25) is 0 Å².